The lowest BCUT2D eigenvalue weighted by Gasteiger charge is -2.04. The van der Waals surface area contributed by atoms with Crippen molar-refractivity contribution in [2.75, 3.05) is 6.61 Å². The number of hydrogen-bond acceptors (Lipinski definition) is 2. The third-order valence-corrected chi connectivity index (χ3v) is 1.51. The van der Waals surface area contributed by atoms with E-state index in [-0.39, 0.29) is 5.97 Å². The van der Waals surface area contributed by atoms with Crippen LogP contribution in [-0.2, 0) is 9.53 Å². The molecule has 0 fully saturated rings. The Balaban J connectivity index is 4.09. The van der Waals surface area contributed by atoms with Crippen LogP contribution in [0.3, 0.4) is 0 Å². The molecule has 0 bridgehead atoms. The van der Waals surface area contributed by atoms with Crippen molar-refractivity contribution in [3.05, 3.63) is 11.6 Å². The van der Waals surface area contributed by atoms with Gasteiger partial charge in [-0.2, -0.15) is 0 Å². The van der Waals surface area contributed by atoms with Gasteiger partial charge < -0.3 is 4.74 Å². The zero-order valence-electron chi connectivity index (χ0n) is 8.22. The Bertz CT molecular complexity index is 159. The molecule has 0 unspecified atom stereocenters. The molecule has 0 saturated heterocycles. The van der Waals surface area contributed by atoms with Crippen molar-refractivity contribution in [2.24, 2.45) is 0 Å². The minimum atomic E-state index is -0.152. The smallest absolute Gasteiger partial charge is 0.333 e. The van der Waals surface area contributed by atoms with Crippen molar-refractivity contribution in [1.82, 2.24) is 0 Å². The Morgan fingerprint density at radius 1 is 1.33 bits per heavy atom. The first kappa shape index (κ1) is 11.2. The minimum Gasteiger partial charge on any atom is -0.463 e. The van der Waals surface area contributed by atoms with Gasteiger partial charge in [-0.05, 0) is 19.8 Å². The van der Waals surface area contributed by atoms with Crippen LogP contribution in [0.1, 0.15) is 40.0 Å². The third kappa shape index (κ3) is 4.16. The molecular formula is C10H18O2. The molecule has 0 saturated carbocycles. The van der Waals surface area contributed by atoms with Gasteiger partial charge in [0, 0.05) is 5.57 Å². The predicted octanol–water partition coefficient (Wildman–Crippen LogP) is 2.69. The van der Waals surface area contributed by atoms with Crippen LogP contribution in [0.4, 0.5) is 0 Å². The average molecular weight is 170 g/mol. The molecule has 2 heteroatoms. The van der Waals surface area contributed by atoms with E-state index in [0.717, 1.165) is 24.8 Å². The molecule has 0 spiro atoms. The summed E-state index contributed by atoms with van der Waals surface area (Å²) in [4.78, 5) is 11.2. The number of ether oxygens (including phenoxy) is 1. The van der Waals surface area contributed by atoms with E-state index < -0.39 is 0 Å². The second-order valence-corrected chi connectivity index (χ2v) is 2.61. The number of carbonyl (C=O) groups excluding carboxylic acids is 1. The van der Waals surface area contributed by atoms with Gasteiger partial charge in [0.25, 0.3) is 0 Å². The van der Waals surface area contributed by atoms with Crippen LogP contribution in [0.5, 0.6) is 0 Å². The molecule has 0 aliphatic heterocycles. The van der Waals surface area contributed by atoms with E-state index in [2.05, 4.69) is 6.92 Å². The molecule has 0 aromatic rings. The SMILES string of the molecule is CC/C=C(/CCC)C(=O)OCC. The molecule has 0 aromatic heterocycles. The van der Waals surface area contributed by atoms with E-state index in [1.165, 1.54) is 0 Å². The van der Waals surface area contributed by atoms with E-state index in [1.54, 1.807) is 0 Å². The van der Waals surface area contributed by atoms with Gasteiger partial charge in [-0.1, -0.05) is 26.3 Å². The molecule has 0 amide bonds. The zero-order valence-corrected chi connectivity index (χ0v) is 8.22. The van der Waals surface area contributed by atoms with Gasteiger partial charge in [-0.15, -0.1) is 0 Å². The lowest BCUT2D eigenvalue weighted by molar-refractivity contribution is -0.138. The fourth-order valence-corrected chi connectivity index (χ4v) is 1.03. The number of hydrogen-bond donors (Lipinski definition) is 0. The molecule has 2 nitrogen and oxygen atoms in total. The van der Waals surface area contributed by atoms with Crippen molar-refractivity contribution in [3.63, 3.8) is 0 Å². The standard InChI is InChI=1S/C10H18O2/c1-4-7-9(8-5-2)10(11)12-6-3/h7H,4-6,8H2,1-3H3/b9-7-. The highest BCUT2D eigenvalue weighted by Gasteiger charge is 2.07. The topological polar surface area (TPSA) is 26.3 Å². The van der Waals surface area contributed by atoms with Crippen LogP contribution >= 0.6 is 0 Å². The van der Waals surface area contributed by atoms with Crippen molar-refractivity contribution in [3.8, 4) is 0 Å². The normalized spacial score (nSPS) is 11.4. The summed E-state index contributed by atoms with van der Waals surface area (Å²) in [5.41, 5.74) is 0.821. The van der Waals surface area contributed by atoms with Crippen LogP contribution in [-0.4, -0.2) is 12.6 Å². The molecule has 0 rings (SSSR count). The predicted molar refractivity (Wildman–Crippen MR) is 49.9 cm³/mol. The summed E-state index contributed by atoms with van der Waals surface area (Å²) < 4.78 is 4.90. The molecule has 70 valence electrons. The molecule has 0 aliphatic carbocycles. The molecule has 0 radical (unpaired) electrons. The monoisotopic (exact) mass is 170 g/mol. The zero-order chi connectivity index (χ0) is 9.40. The van der Waals surface area contributed by atoms with Gasteiger partial charge in [0.05, 0.1) is 6.61 Å². The minimum absolute atomic E-state index is 0.152. The number of allylic oxidation sites excluding steroid dienone is 1. The van der Waals surface area contributed by atoms with Gasteiger partial charge >= 0.3 is 5.97 Å². The maximum Gasteiger partial charge on any atom is 0.333 e. The van der Waals surface area contributed by atoms with Crippen LogP contribution in [0.25, 0.3) is 0 Å². The molecule has 0 aromatic carbocycles. The van der Waals surface area contributed by atoms with Gasteiger partial charge in [0.1, 0.15) is 0 Å². The van der Waals surface area contributed by atoms with E-state index >= 15 is 0 Å². The summed E-state index contributed by atoms with van der Waals surface area (Å²) in [6.45, 7) is 6.37. The Morgan fingerprint density at radius 2 is 2.00 bits per heavy atom. The van der Waals surface area contributed by atoms with Crippen LogP contribution < -0.4 is 0 Å². The highest BCUT2D eigenvalue weighted by molar-refractivity contribution is 5.88. The van der Waals surface area contributed by atoms with E-state index in [9.17, 15) is 4.79 Å². The lowest BCUT2D eigenvalue weighted by Crippen LogP contribution is -2.07. The maximum atomic E-state index is 11.2. The number of carbonyl (C=O) groups is 1. The molecular weight excluding hydrogens is 152 g/mol. The number of rotatable bonds is 5. The first-order valence-corrected chi connectivity index (χ1v) is 4.62. The molecule has 12 heavy (non-hydrogen) atoms. The second kappa shape index (κ2) is 6.89. The second-order valence-electron chi connectivity index (χ2n) is 2.61. The largest absolute Gasteiger partial charge is 0.463 e. The molecule has 0 N–H and O–H groups in total. The Morgan fingerprint density at radius 3 is 2.42 bits per heavy atom. The average Bonchev–Trinajstić information content (AvgIpc) is 2.04. The molecule has 0 aliphatic rings. The Labute approximate surface area is 74.6 Å². The summed E-state index contributed by atoms with van der Waals surface area (Å²) in [5, 5.41) is 0. The van der Waals surface area contributed by atoms with E-state index in [1.807, 2.05) is 19.9 Å². The Hall–Kier alpha value is -0.790. The van der Waals surface area contributed by atoms with E-state index in [0.29, 0.717) is 6.61 Å². The Kier molecular flexibility index (Phi) is 6.44. The fourth-order valence-electron chi connectivity index (χ4n) is 1.03. The quantitative estimate of drug-likeness (QED) is 0.468. The summed E-state index contributed by atoms with van der Waals surface area (Å²) >= 11 is 0. The highest BCUT2D eigenvalue weighted by atomic mass is 16.5. The maximum absolute atomic E-state index is 11.2. The third-order valence-electron chi connectivity index (χ3n) is 1.51. The summed E-state index contributed by atoms with van der Waals surface area (Å²) in [5.74, 6) is -0.152. The van der Waals surface area contributed by atoms with Crippen LogP contribution in [0.15, 0.2) is 11.6 Å². The van der Waals surface area contributed by atoms with E-state index in [4.69, 9.17) is 4.74 Å². The summed E-state index contributed by atoms with van der Waals surface area (Å²) in [7, 11) is 0. The molecule has 0 heterocycles. The summed E-state index contributed by atoms with van der Waals surface area (Å²) in [6.07, 6.45) is 4.66. The van der Waals surface area contributed by atoms with Gasteiger partial charge in [-0.25, -0.2) is 4.79 Å². The summed E-state index contributed by atoms with van der Waals surface area (Å²) in [6, 6.07) is 0. The first-order valence-electron chi connectivity index (χ1n) is 4.62. The van der Waals surface area contributed by atoms with Gasteiger partial charge in [-0.3, -0.25) is 0 Å². The van der Waals surface area contributed by atoms with Crippen molar-refractivity contribution in [2.45, 2.75) is 40.0 Å². The van der Waals surface area contributed by atoms with Crippen LogP contribution in [0.2, 0.25) is 0 Å². The number of esters is 1. The van der Waals surface area contributed by atoms with Crippen molar-refractivity contribution in [1.29, 1.82) is 0 Å². The molecule has 0 atom stereocenters. The fraction of sp³-hybridized carbons (Fsp3) is 0.700. The highest BCUT2D eigenvalue weighted by Crippen LogP contribution is 2.08. The van der Waals surface area contributed by atoms with Gasteiger partial charge in [0.15, 0.2) is 0 Å². The lowest BCUT2D eigenvalue weighted by atomic mass is 10.1. The van der Waals surface area contributed by atoms with Crippen LogP contribution in [0, 0.1) is 0 Å². The van der Waals surface area contributed by atoms with Crippen molar-refractivity contribution >= 4 is 5.97 Å². The first-order chi connectivity index (χ1) is 5.76. The van der Waals surface area contributed by atoms with Gasteiger partial charge in [0.2, 0.25) is 0 Å². The van der Waals surface area contributed by atoms with Crippen molar-refractivity contribution < 1.29 is 9.53 Å².